The summed E-state index contributed by atoms with van der Waals surface area (Å²) in [4.78, 5) is 26.0. The first-order valence-electron chi connectivity index (χ1n) is 5.42. The molecule has 1 aromatic heterocycles. The molecule has 1 saturated heterocycles. The third kappa shape index (κ3) is 2.18. The number of aliphatic hydroxyl groups is 2. The van der Waals surface area contributed by atoms with E-state index in [1.807, 2.05) is 0 Å². The molecule has 104 valence electrons. The first-order chi connectivity index (χ1) is 8.82. The third-order valence-electron chi connectivity index (χ3n) is 2.93. The number of nitrogens with zero attached hydrogens (tertiary/aromatic N) is 2. The van der Waals surface area contributed by atoms with Gasteiger partial charge in [0.1, 0.15) is 18.0 Å². The standard InChI is InChI=1S/C10H13N3O6/c1-3-2-13(10(18)12-7(3)11)8-5(15)4(14)6(19-8)9(16)17/h2,4-6,8,14-15H,1H3,(H,16,17)(H2,11,12,18)/t4-,5+,6-,8+/m0/s1. The molecule has 9 heteroatoms. The number of rotatable bonds is 2. The zero-order chi connectivity index (χ0) is 14.3. The highest BCUT2D eigenvalue weighted by atomic mass is 16.6. The predicted molar refractivity (Wildman–Crippen MR) is 61.2 cm³/mol. The maximum atomic E-state index is 11.7. The molecule has 2 heterocycles. The van der Waals surface area contributed by atoms with Gasteiger partial charge in [0.25, 0.3) is 0 Å². The molecule has 0 aliphatic carbocycles. The van der Waals surface area contributed by atoms with Gasteiger partial charge in [-0.3, -0.25) is 4.57 Å². The van der Waals surface area contributed by atoms with Crippen LogP contribution in [0.25, 0.3) is 0 Å². The van der Waals surface area contributed by atoms with E-state index in [9.17, 15) is 19.8 Å². The van der Waals surface area contributed by atoms with Crippen LogP contribution < -0.4 is 11.4 Å². The molecule has 19 heavy (non-hydrogen) atoms. The van der Waals surface area contributed by atoms with Crippen LogP contribution in [-0.2, 0) is 9.53 Å². The zero-order valence-electron chi connectivity index (χ0n) is 9.92. The topological polar surface area (TPSA) is 148 Å². The Balaban J connectivity index is 2.41. The Morgan fingerprint density at radius 2 is 2.11 bits per heavy atom. The quantitative estimate of drug-likeness (QED) is 0.475. The first-order valence-corrected chi connectivity index (χ1v) is 5.42. The number of aryl methyl sites for hydroxylation is 1. The molecule has 0 bridgehead atoms. The molecule has 9 nitrogen and oxygen atoms in total. The second kappa shape index (κ2) is 4.61. The van der Waals surface area contributed by atoms with Crippen molar-refractivity contribution in [1.29, 1.82) is 0 Å². The number of carboxylic acids is 1. The van der Waals surface area contributed by atoms with Crippen LogP contribution in [0.2, 0.25) is 0 Å². The number of hydrogen-bond acceptors (Lipinski definition) is 7. The lowest BCUT2D eigenvalue weighted by Gasteiger charge is -2.17. The average Bonchev–Trinajstić information content (AvgIpc) is 2.62. The number of aliphatic carboxylic acids is 1. The maximum Gasteiger partial charge on any atom is 0.351 e. The highest BCUT2D eigenvalue weighted by Crippen LogP contribution is 2.28. The molecule has 1 fully saturated rings. The normalized spacial score (nSPS) is 30.5. The fraction of sp³-hybridized carbons (Fsp3) is 0.500. The molecule has 1 aliphatic rings. The Bertz CT molecular complexity index is 571. The fourth-order valence-corrected chi connectivity index (χ4v) is 1.85. The lowest BCUT2D eigenvalue weighted by atomic mass is 10.1. The lowest BCUT2D eigenvalue weighted by molar-refractivity contribution is -0.155. The largest absolute Gasteiger partial charge is 0.479 e. The Kier molecular flexibility index (Phi) is 3.27. The van der Waals surface area contributed by atoms with Crippen LogP contribution in [0.15, 0.2) is 11.0 Å². The number of nitrogens with two attached hydrogens (primary N) is 1. The van der Waals surface area contributed by atoms with Crippen molar-refractivity contribution in [1.82, 2.24) is 9.55 Å². The molecule has 0 aromatic carbocycles. The van der Waals surface area contributed by atoms with E-state index in [4.69, 9.17) is 15.6 Å². The van der Waals surface area contributed by atoms with Crippen LogP contribution in [-0.4, -0.2) is 49.2 Å². The van der Waals surface area contributed by atoms with Gasteiger partial charge in [0.15, 0.2) is 12.3 Å². The monoisotopic (exact) mass is 271 g/mol. The molecule has 1 aliphatic heterocycles. The van der Waals surface area contributed by atoms with E-state index in [-0.39, 0.29) is 5.82 Å². The summed E-state index contributed by atoms with van der Waals surface area (Å²) in [5, 5.41) is 28.1. The van der Waals surface area contributed by atoms with E-state index in [0.29, 0.717) is 5.56 Å². The van der Waals surface area contributed by atoms with Crippen LogP contribution >= 0.6 is 0 Å². The van der Waals surface area contributed by atoms with E-state index >= 15 is 0 Å². The minimum Gasteiger partial charge on any atom is -0.479 e. The van der Waals surface area contributed by atoms with E-state index in [1.54, 1.807) is 6.92 Å². The molecule has 4 atom stereocenters. The molecule has 0 spiro atoms. The van der Waals surface area contributed by atoms with E-state index < -0.39 is 36.2 Å². The van der Waals surface area contributed by atoms with Crippen LogP contribution in [0, 0.1) is 6.92 Å². The molecule has 0 radical (unpaired) electrons. The van der Waals surface area contributed by atoms with Crippen LogP contribution in [0.4, 0.5) is 5.82 Å². The third-order valence-corrected chi connectivity index (χ3v) is 2.93. The maximum absolute atomic E-state index is 11.7. The van der Waals surface area contributed by atoms with Crippen molar-refractivity contribution in [2.75, 3.05) is 5.73 Å². The van der Waals surface area contributed by atoms with Crippen molar-refractivity contribution in [3.05, 3.63) is 22.2 Å². The highest BCUT2D eigenvalue weighted by Gasteiger charge is 2.47. The van der Waals surface area contributed by atoms with Gasteiger partial charge in [-0.05, 0) is 6.92 Å². The van der Waals surface area contributed by atoms with Gasteiger partial charge >= 0.3 is 11.7 Å². The van der Waals surface area contributed by atoms with Gasteiger partial charge in [0.2, 0.25) is 0 Å². The van der Waals surface area contributed by atoms with Crippen molar-refractivity contribution in [3.63, 3.8) is 0 Å². The first kappa shape index (κ1) is 13.5. The molecular weight excluding hydrogens is 258 g/mol. The van der Waals surface area contributed by atoms with Crippen LogP contribution in [0.1, 0.15) is 11.8 Å². The number of aromatic nitrogens is 2. The Morgan fingerprint density at radius 1 is 1.47 bits per heavy atom. The second-order valence-electron chi connectivity index (χ2n) is 4.27. The van der Waals surface area contributed by atoms with Gasteiger partial charge in [-0.15, -0.1) is 0 Å². The highest BCUT2D eigenvalue weighted by molar-refractivity contribution is 5.73. The Morgan fingerprint density at radius 3 is 2.63 bits per heavy atom. The van der Waals surface area contributed by atoms with Crippen molar-refractivity contribution < 1.29 is 24.9 Å². The minimum atomic E-state index is -1.63. The minimum absolute atomic E-state index is 0.0315. The van der Waals surface area contributed by atoms with Crippen molar-refractivity contribution in [2.24, 2.45) is 0 Å². The number of hydrogen-bond donors (Lipinski definition) is 4. The molecule has 0 saturated carbocycles. The summed E-state index contributed by atoms with van der Waals surface area (Å²) in [6.07, 6.45) is -4.83. The number of carboxylic acid groups (broad SMARTS) is 1. The van der Waals surface area contributed by atoms with Crippen molar-refractivity contribution in [2.45, 2.75) is 31.5 Å². The summed E-state index contributed by atoms with van der Waals surface area (Å²) in [5.74, 6) is -1.40. The van der Waals surface area contributed by atoms with Gasteiger partial charge in [0.05, 0.1) is 0 Å². The van der Waals surface area contributed by atoms with Crippen LogP contribution in [0.3, 0.4) is 0 Å². The summed E-state index contributed by atoms with van der Waals surface area (Å²) < 4.78 is 5.90. The van der Waals surface area contributed by atoms with Crippen molar-refractivity contribution in [3.8, 4) is 0 Å². The van der Waals surface area contributed by atoms with Gasteiger partial charge < -0.3 is 25.8 Å². The van der Waals surface area contributed by atoms with E-state index in [2.05, 4.69) is 4.98 Å². The van der Waals surface area contributed by atoms with Crippen LogP contribution in [0.5, 0.6) is 0 Å². The van der Waals surface area contributed by atoms with Gasteiger partial charge in [-0.1, -0.05) is 0 Å². The van der Waals surface area contributed by atoms with Gasteiger partial charge in [0, 0.05) is 11.8 Å². The lowest BCUT2D eigenvalue weighted by Crippen LogP contribution is -2.37. The molecule has 0 amide bonds. The number of nitrogen functional groups attached to an aromatic ring is 1. The SMILES string of the molecule is Cc1cn([C@@H]2O[C@H](C(=O)O)[C@@H](O)[C@H]2O)c(=O)nc1N. The number of aliphatic hydroxyl groups excluding tert-OH is 2. The summed E-state index contributed by atoms with van der Waals surface area (Å²) in [7, 11) is 0. The van der Waals surface area contributed by atoms with Gasteiger partial charge in [-0.25, -0.2) is 9.59 Å². The van der Waals surface area contributed by atoms with E-state index in [0.717, 1.165) is 4.57 Å². The summed E-state index contributed by atoms with van der Waals surface area (Å²) >= 11 is 0. The molecule has 2 rings (SSSR count). The second-order valence-corrected chi connectivity index (χ2v) is 4.27. The summed E-state index contributed by atoms with van der Waals surface area (Å²) in [5.41, 5.74) is 5.12. The molecule has 5 N–H and O–H groups in total. The Labute approximate surface area is 106 Å². The zero-order valence-corrected chi connectivity index (χ0v) is 9.92. The van der Waals surface area contributed by atoms with Crippen molar-refractivity contribution >= 4 is 11.8 Å². The molecular formula is C10H13N3O6. The predicted octanol–water partition coefficient (Wildman–Crippen LogP) is -2.16. The Hall–Kier alpha value is -1.97. The smallest absolute Gasteiger partial charge is 0.351 e. The van der Waals surface area contributed by atoms with Gasteiger partial charge in [-0.2, -0.15) is 4.98 Å². The number of ether oxygens (including phenoxy) is 1. The summed E-state index contributed by atoms with van der Waals surface area (Å²) in [6, 6.07) is 0. The summed E-state index contributed by atoms with van der Waals surface area (Å²) in [6.45, 7) is 1.59. The number of carbonyl (C=O) groups is 1. The molecule has 0 unspecified atom stereocenters. The van der Waals surface area contributed by atoms with E-state index in [1.165, 1.54) is 6.20 Å². The fourth-order valence-electron chi connectivity index (χ4n) is 1.85. The average molecular weight is 271 g/mol. The number of anilines is 1. The molecule has 1 aromatic rings.